The lowest BCUT2D eigenvalue weighted by Crippen LogP contribution is -2.46. The molecule has 0 bridgehead atoms. The van der Waals surface area contributed by atoms with Crippen molar-refractivity contribution in [2.45, 2.75) is 37.9 Å². The quantitative estimate of drug-likeness (QED) is 0.415. The van der Waals surface area contributed by atoms with Crippen LogP contribution in [0, 0.1) is 0 Å². The Morgan fingerprint density at radius 2 is 2.17 bits per heavy atom. The van der Waals surface area contributed by atoms with E-state index in [4.69, 9.17) is 10.5 Å². The molecule has 10 nitrogen and oxygen atoms in total. The Morgan fingerprint density at radius 3 is 2.78 bits per heavy atom. The standard InChI is InChI=1S/C13H21N5O5/c1-2-3-17-5-18(10-7(17)11(22)16-13(14)15-10)12-9(21)8(20)6(4-19)23-12/h6,8-9,12,19-21H,2-5H2,1H3,(H3,14,15,16,22)/t6-,8-,9-,12-/m1/s1. The average molecular weight is 327 g/mol. The molecule has 3 heterocycles. The summed E-state index contributed by atoms with van der Waals surface area (Å²) < 4.78 is 5.54. The Labute approximate surface area is 132 Å². The minimum Gasteiger partial charge on any atom is -0.394 e. The molecule has 10 heteroatoms. The topological polar surface area (TPSA) is 148 Å². The summed E-state index contributed by atoms with van der Waals surface area (Å²) in [4.78, 5) is 22.2. The summed E-state index contributed by atoms with van der Waals surface area (Å²) in [5, 5.41) is 29.4. The molecule has 0 saturated carbocycles. The van der Waals surface area contributed by atoms with Crippen LogP contribution in [0.25, 0.3) is 0 Å². The lowest BCUT2D eigenvalue weighted by Gasteiger charge is -2.28. The van der Waals surface area contributed by atoms with Crippen LogP contribution in [0.5, 0.6) is 0 Å². The molecule has 3 rings (SSSR count). The fourth-order valence-electron chi connectivity index (χ4n) is 3.07. The molecule has 0 amide bonds. The van der Waals surface area contributed by atoms with Gasteiger partial charge >= 0.3 is 0 Å². The van der Waals surface area contributed by atoms with Crippen LogP contribution in [-0.2, 0) is 4.74 Å². The van der Waals surface area contributed by atoms with Gasteiger partial charge in [0, 0.05) is 6.54 Å². The van der Waals surface area contributed by atoms with Gasteiger partial charge in [-0.05, 0) is 6.42 Å². The third-order valence-corrected chi connectivity index (χ3v) is 4.12. The number of aromatic nitrogens is 2. The van der Waals surface area contributed by atoms with Gasteiger partial charge < -0.3 is 35.6 Å². The summed E-state index contributed by atoms with van der Waals surface area (Å²) in [5.41, 5.74) is 5.62. The molecule has 0 spiro atoms. The highest BCUT2D eigenvalue weighted by Crippen LogP contribution is 2.36. The van der Waals surface area contributed by atoms with Gasteiger partial charge in [0.1, 0.15) is 24.0 Å². The van der Waals surface area contributed by atoms with Crippen molar-refractivity contribution in [3.63, 3.8) is 0 Å². The third-order valence-electron chi connectivity index (χ3n) is 4.12. The van der Waals surface area contributed by atoms with E-state index in [1.54, 1.807) is 4.90 Å². The molecule has 0 unspecified atom stereocenters. The van der Waals surface area contributed by atoms with Crippen LogP contribution in [-0.4, -0.2) is 69.6 Å². The Hall–Kier alpha value is -1.88. The van der Waals surface area contributed by atoms with Crippen molar-refractivity contribution in [3.05, 3.63) is 10.4 Å². The summed E-state index contributed by atoms with van der Waals surface area (Å²) in [5.74, 6) is 0.262. The summed E-state index contributed by atoms with van der Waals surface area (Å²) in [6.45, 7) is 2.45. The van der Waals surface area contributed by atoms with Crippen molar-refractivity contribution in [3.8, 4) is 0 Å². The molecule has 128 valence electrons. The maximum atomic E-state index is 12.2. The van der Waals surface area contributed by atoms with E-state index < -0.39 is 31.1 Å². The summed E-state index contributed by atoms with van der Waals surface area (Å²) in [7, 11) is 0. The molecule has 6 N–H and O–H groups in total. The van der Waals surface area contributed by atoms with Crippen LogP contribution in [0.1, 0.15) is 13.3 Å². The first kappa shape index (κ1) is 16.0. The third kappa shape index (κ3) is 2.53. The van der Waals surface area contributed by atoms with Crippen LogP contribution < -0.4 is 21.1 Å². The highest BCUT2D eigenvalue weighted by Gasteiger charge is 2.48. The van der Waals surface area contributed by atoms with Gasteiger partial charge in [0.2, 0.25) is 5.95 Å². The van der Waals surface area contributed by atoms with Crippen LogP contribution >= 0.6 is 0 Å². The van der Waals surface area contributed by atoms with E-state index in [1.807, 2.05) is 11.8 Å². The van der Waals surface area contributed by atoms with Crippen LogP contribution in [0.15, 0.2) is 4.79 Å². The number of nitrogen functional groups attached to an aromatic ring is 1. The second kappa shape index (κ2) is 5.96. The van der Waals surface area contributed by atoms with E-state index in [1.165, 1.54) is 0 Å². The molecular formula is C13H21N5O5. The number of hydrogen-bond donors (Lipinski definition) is 5. The van der Waals surface area contributed by atoms with Gasteiger partial charge in [0.25, 0.3) is 5.56 Å². The predicted octanol–water partition coefficient (Wildman–Crippen LogP) is -2.21. The van der Waals surface area contributed by atoms with Gasteiger partial charge in [-0.3, -0.25) is 9.78 Å². The number of aliphatic hydroxyl groups excluding tert-OH is 3. The van der Waals surface area contributed by atoms with E-state index in [0.29, 0.717) is 18.1 Å². The van der Waals surface area contributed by atoms with E-state index >= 15 is 0 Å². The lowest BCUT2D eigenvalue weighted by molar-refractivity contribution is -0.0222. The monoisotopic (exact) mass is 327 g/mol. The minimum absolute atomic E-state index is 0.0381. The highest BCUT2D eigenvalue weighted by molar-refractivity contribution is 5.73. The molecule has 1 saturated heterocycles. The number of hydrogen-bond acceptors (Lipinski definition) is 9. The zero-order valence-electron chi connectivity index (χ0n) is 12.7. The number of rotatable bonds is 4. The Kier molecular flexibility index (Phi) is 4.15. The molecule has 1 aromatic rings. The highest BCUT2D eigenvalue weighted by atomic mass is 16.6. The zero-order valence-corrected chi connectivity index (χ0v) is 12.7. The fraction of sp³-hybridized carbons (Fsp3) is 0.692. The first-order chi connectivity index (χ1) is 11.0. The number of fused-ring (bicyclic) bond motifs is 1. The van der Waals surface area contributed by atoms with Crippen molar-refractivity contribution < 1.29 is 20.1 Å². The lowest BCUT2D eigenvalue weighted by atomic mass is 10.1. The zero-order chi connectivity index (χ0) is 16.7. The molecule has 2 aliphatic rings. The maximum Gasteiger partial charge on any atom is 0.278 e. The first-order valence-corrected chi connectivity index (χ1v) is 7.51. The summed E-state index contributed by atoms with van der Waals surface area (Å²) >= 11 is 0. The van der Waals surface area contributed by atoms with Crippen molar-refractivity contribution in [1.82, 2.24) is 9.97 Å². The number of anilines is 3. The molecule has 1 fully saturated rings. The number of aromatic amines is 1. The van der Waals surface area contributed by atoms with Gasteiger partial charge in [-0.15, -0.1) is 0 Å². The van der Waals surface area contributed by atoms with Crippen LogP contribution in [0.4, 0.5) is 17.5 Å². The normalized spacial score (nSPS) is 30.1. The van der Waals surface area contributed by atoms with Gasteiger partial charge in [0.05, 0.1) is 13.3 Å². The largest absolute Gasteiger partial charge is 0.394 e. The van der Waals surface area contributed by atoms with E-state index in [2.05, 4.69) is 9.97 Å². The van der Waals surface area contributed by atoms with E-state index in [-0.39, 0.29) is 18.2 Å². The molecule has 4 atom stereocenters. The first-order valence-electron chi connectivity index (χ1n) is 7.51. The van der Waals surface area contributed by atoms with E-state index in [0.717, 1.165) is 6.42 Å². The van der Waals surface area contributed by atoms with Gasteiger partial charge in [0.15, 0.2) is 12.0 Å². The SMILES string of the molecule is CCCN1CN([C@@H]2O[C@H](CO)[C@@H](O)[C@H]2O)c2nc(N)[nH]c(=O)c21. The average Bonchev–Trinajstić information content (AvgIpc) is 2.99. The van der Waals surface area contributed by atoms with Crippen molar-refractivity contribution in [2.24, 2.45) is 0 Å². The number of ether oxygens (including phenoxy) is 1. The van der Waals surface area contributed by atoms with E-state index in [9.17, 15) is 20.1 Å². The maximum absolute atomic E-state index is 12.2. The Morgan fingerprint density at radius 1 is 1.43 bits per heavy atom. The minimum atomic E-state index is -1.23. The number of nitrogens with one attached hydrogen (secondary N) is 1. The fourth-order valence-corrected chi connectivity index (χ4v) is 3.07. The van der Waals surface area contributed by atoms with Gasteiger partial charge in [-0.25, -0.2) is 0 Å². The smallest absolute Gasteiger partial charge is 0.278 e. The van der Waals surface area contributed by atoms with Crippen molar-refractivity contribution in [2.75, 3.05) is 35.4 Å². The molecule has 23 heavy (non-hydrogen) atoms. The molecule has 0 aliphatic carbocycles. The molecule has 2 aliphatic heterocycles. The van der Waals surface area contributed by atoms with Crippen molar-refractivity contribution >= 4 is 17.5 Å². The predicted molar refractivity (Wildman–Crippen MR) is 82.0 cm³/mol. The number of H-pyrrole nitrogens is 1. The number of aliphatic hydroxyl groups is 3. The summed E-state index contributed by atoms with van der Waals surface area (Å²) in [6.07, 6.45) is -3.45. The number of nitrogens with two attached hydrogens (primary N) is 1. The molecule has 0 aromatic carbocycles. The van der Waals surface area contributed by atoms with Crippen LogP contribution in [0.2, 0.25) is 0 Å². The Bertz CT molecular complexity index is 638. The second-order valence-corrected chi connectivity index (χ2v) is 5.73. The molecule has 0 radical (unpaired) electrons. The van der Waals surface area contributed by atoms with Crippen LogP contribution in [0.3, 0.4) is 0 Å². The molecular weight excluding hydrogens is 306 g/mol. The van der Waals surface area contributed by atoms with Crippen molar-refractivity contribution in [1.29, 1.82) is 0 Å². The second-order valence-electron chi connectivity index (χ2n) is 5.73. The Balaban J connectivity index is 1.98. The van der Waals surface area contributed by atoms with Gasteiger partial charge in [-0.1, -0.05) is 6.92 Å². The number of nitrogens with zero attached hydrogens (tertiary/aromatic N) is 3. The van der Waals surface area contributed by atoms with Gasteiger partial charge in [-0.2, -0.15) is 4.98 Å². The molecule has 1 aromatic heterocycles. The summed E-state index contributed by atoms with van der Waals surface area (Å²) in [6, 6.07) is 0.